The van der Waals surface area contributed by atoms with Gasteiger partial charge >= 0.3 is 5.97 Å². The van der Waals surface area contributed by atoms with Crippen molar-refractivity contribution < 1.29 is 19.4 Å². The van der Waals surface area contributed by atoms with Gasteiger partial charge in [0.25, 0.3) is 0 Å². The number of aromatic carboxylic acids is 1. The van der Waals surface area contributed by atoms with E-state index in [-0.39, 0.29) is 5.69 Å². The zero-order valence-corrected chi connectivity index (χ0v) is 13.6. The summed E-state index contributed by atoms with van der Waals surface area (Å²) in [4.78, 5) is 15.3. The number of fused-ring (bicyclic) bond motifs is 1. The van der Waals surface area contributed by atoms with Crippen molar-refractivity contribution >= 4 is 11.6 Å². The molecule has 2 aromatic heterocycles. The third kappa shape index (κ3) is 3.21. The second kappa shape index (κ2) is 6.57. The molecule has 0 spiro atoms. The van der Waals surface area contributed by atoms with Crippen molar-refractivity contribution in [2.45, 2.75) is 6.42 Å². The second-order valence-corrected chi connectivity index (χ2v) is 6.16. The minimum Gasteiger partial charge on any atom is -0.493 e. The van der Waals surface area contributed by atoms with Crippen LogP contribution in [0.4, 0.5) is 0 Å². The van der Waals surface area contributed by atoms with E-state index < -0.39 is 5.97 Å². The highest BCUT2D eigenvalue weighted by atomic mass is 16.5. The molecule has 0 aliphatic carbocycles. The van der Waals surface area contributed by atoms with Crippen LogP contribution in [-0.4, -0.2) is 40.3 Å². The number of carboxylic acids is 1. The molecule has 1 N–H and O–H groups in total. The van der Waals surface area contributed by atoms with E-state index >= 15 is 0 Å². The number of ether oxygens (including phenoxy) is 2. The molecule has 0 radical (unpaired) electrons. The van der Waals surface area contributed by atoms with Gasteiger partial charge < -0.3 is 14.6 Å². The van der Waals surface area contributed by atoms with Crippen molar-refractivity contribution in [2.24, 2.45) is 5.92 Å². The zero-order valence-electron chi connectivity index (χ0n) is 13.6. The first kappa shape index (κ1) is 15.7. The largest absolute Gasteiger partial charge is 0.493 e. The van der Waals surface area contributed by atoms with Crippen LogP contribution in [0.25, 0.3) is 16.8 Å². The lowest BCUT2D eigenvalue weighted by atomic mass is 10.1. The van der Waals surface area contributed by atoms with Crippen molar-refractivity contribution in [3.63, 3.8) is 0 Å². The third-order valence-corrected chi connectivity index (χ3v) is 4.43. The van der Waals surface area contributed by atoms with E-state index in [4.69, 9.17) is 14.6 Å². The summed E-state index contributed by atoms with van der Waals surface area (Å²) in [6.45, 7) is 2.28. The Morgan fingerprint density at radius 3 is 2.84 bits per heavy atom. The molecule has 1 fully saturated rings. The first-order chi connectivity index (χ1) is 12.2. The predicted molar refractivity (Wildman–Crippen MR) is 92.0 cm³/mol. The van der Waals surface area contributed by atoms with Crippen molar-refractivity contribution in [3.8, 4) is 16.9 Å². The Labute approximate surface area is 144 Å². The molecule has 1 saturated heterocycles. The average Bonchev–Trinajstić information content (AvgIpc) is 3.29. The Kier molecular flexibility index (Phi) is 4.11. The number of rotatable bonds is 5. The Bertz CT molecular complexity index is 895. The van der Waals surface area contributed by atoms with Crippen LogP contribution in [0, 0.1) is 5.92 Å². The topological polar surface area (TPSA) is 73.1 Å². The molecular formula is C19H18N2O4. The molecule has 3 aromatic rings. The van der Waals surface area contributed by atoms with Crippen LogP contribution in [0.1, 0.15) is 16.9 Å². The fourth-order valence-electron chi connectivity index (χ4n) is 2.99. The fraction of sp³-hybridized carbons (Fsp3) is 0.263. The standard InChI is InChI=1S/C19H18N2O4/c22-19(23)17-10-20-18-9-15(5-7-21(17)18)14-1-3-16(4-2-14)25-12-13-6-8-24-11-13/h1-5,7,9-10,13H,6,8,11-12H2,(H,22,23). The Morgan fingerprint density at radius 1 is 1.28 bits per heavy atom. The predicted octanol–water partition coefficient (Wildman–Crippen LogP) is 3.11. The van der Waals surface area contributed by atoms with Gasteiger partial charge in [-0.15, -0.1) is 0 Å². The van der Waals surface area contributed by atoms with Crippen LogP contribution in [-0.2, 0) is 4.74 Å². The summed E-state index contributed by atoms with van der Waals surface area (Å²) in [7, 11) is 0. The summed E-state index contributed by atoms with van der Waals surface area (Å²) in [6, 6.07) is 11.6. The van der Waals surface area contributed by atoms with Gasteiger partial charge in [0.2, 0.25) is 0 Å². The summed E-state index contributed by atoms with van der Waals surface area (Å²) in [5.74, 6) is 0.325. The normalized spacial score (nSPS) is 17.0. The van der Waals surface area contributed by atoms with Crippen molar-refractivity contribution in [3.05, 3.63) is 54.5 Å². The van der Waals surface area contributed by atoms with E-state index in [0.29, 0.717) is 18.2 Å². The third-order valence-electron chi connectivity index (χ3n) is 4.43. The maximum Gasteiger partial charge on any atom is 0.354 e. The molecular weight excluding hydrogens is 320 g/mol. The Morgan fingerprint density at radius 2 is 2.12 bits per heavy atom. The molecule has 25 heavy (non-hydrogen) atoms. The van der Waals surface area contributed by atoms with E-state index in [0.717, 1.165) is 36.5 Å². The molecule has 4 rings (SSSR count). The highest BCUT2D eigenvalue weighted by Crippen LogP contribution is 2.24. The maximum absolute atomic E-state index is 11.1. The lowest BCUT2D eigenvalue weighted by Gasteiger charge is -2.11. The number of nitrogens with zero attached hydrogens (tertiary/aromatic N) is 2. The van der Waals surface area contributed by atoms with Gasteiger partial charge in [0.15, 0.2) is 5.69 Å². The first-order valence-electron chi connectivity index (χ1n) is 8.22. The lowest BCUT2D eigenvalue weighted by Crippen LogP contribution is -2.11. The van der Waals surface area contributed by atoms with Crippen LogP contribution in [0.15, 0.2) is 48.8 Å². The highest BCUT2D eigenvalue weighted by Gasteiger charge is 2.16. The number of aromatic nitrogens is 2. The number of pyridine rings is 1. The zero-order chi connectivity index (χ0) is 17.2. The quantitative estimate of drug-likeness (QED) is 0.774. The van der Waals surface area contributed by atoms with Gasteiger partial charge in [-0.3, -0.25) is 4.40 Å². The van der Waals surface area contributed by atoms with Crippen molar-refractivity contribution in [2.75, 3.05) is 19.8 Å². The molecule has 1 aliphatic heterocycles. The van der Waals surface area contributed by atoms with Crippen molar-refractivity contribution in [1.29, 1.82) is 0 Å². The minimum absolute atomic E-state index is 0.154. The molecule has 1 atom stereocenters. The van der Waals surface area contributed by atoms with Gasteiger partial charge in [-0.05, 0) is 41.8 Å². The molecule has 0 amide bonds. The van der Waals surface area contributed by atoms with Gasteiger partial charge in [0, 0.05) is 18.7 Å². The SMILES string of the molecule is O=C(O)c1cnc2cc(-c3ccc(OCC4CCOC4)cc3)ccn12. The Hall–Kier alpha value is -2.86. The molecule has 1 aliphatic rings. The molecule has 1 unspecified atom stereocenters. The summed E-state index contributed by atoms with van der Waals surface area (Å²) < 4.78 is 12.7. The van der Waals surface area contributed by atoms with Gasteiger partial charge in [-0.2, -0.15) is 0 Å². The number of imidazole rings is 1. The van der Waals surface area contributed by atoms with Crippen LogP contribution in [0.3, 0.4) is 0 Å². The van der Waals surface area contributed by atoms with E-state index in [1.54, 1.807) is 10.6 Å². The summed E-state index contributed by atoms with van der Waals surface area (Å²) in [5.41, 5.74) is 2.77. The van der Waals surface area contributed by atoms with E-state index in [9.17, 15) is 4.79 Å². The number of hydrogen-bond donors (Lipinski definition) is 1. The second-order valence-electron chi connectivity index (χ2n) is 6.16. The first-order valence-corrected chi connectivity index (χ1v) is 8.22. The monoisotopic (exact) mass is 338 g/mol. The van der Waals surface area contributed by atoms with Crippen LogP contribution < -0.4 is 4.74 Å². The molecule has 3 heterocycles. The van der Waals surface area contributed by atoms with Crippen LogP contribution in [0.5, 0.6) is 5.75 Å². The van der Waals surface area contributed by atoms with Gasteiger partial charge in [0.1, 0.15) is 11.4 Å². The van der Waals surface area contributed by atoms with Gasteiger partial charge in [-0.1, -0.05) is 12.1 Å². The smallest absolute Gasteiger partial charge is 0.354 e. The molecule has 6 nitrogen and oxygen atoms in total. The molecule has 128 valence electrons. The molecule has 1 aromatic carbocycles. The van der Waals surface area contributed by atoms with Gasteiger partial charge in [0.05, 0.1) is 19.4 Å². The number of benzene rings is 1. The number of carboxylic acid groups (broad SMARTS) is 1. The molecule has 0 saturated carbocycles. The Balaban J connectivity index is 1.51. The van der Waals surface area contributed by atoms with Crippen LogP contribution >= 0.6 is 0 Å². The summed E-state index contributed by atoms with van der Waals surface area (Å²) in [5, 5.41) is 9.14. The fourth-order valence-corrected chi connectivity index (χ4v) is 2.99. The van der Waals surface area contributed by atoms with E-state index in [1.165, 1.54) is 6.20 Å². The summed E-state index contributed by atoms with van der Waals surface area (Å²) in [6.07, 6.45) is 4.15. The van der Waals surface area contributed by atoms with Crippen molar-refractivity contribution in [1.82, 2.24) is 9.38 Å². The number of hydrogen-bond acceptors (Lipinski definition) is 4. The minimum atomic E-state index is -0.991. The van der Waals surface area contributed by atoms with Gasteiger partial charge in [-0.25, -0.2) is 9.78 Å². The van der Waals surface area contributed by atoms with E-state index in [1.807, 2.05) is 36.4 Å². The maximum atomic E-state index is 11.1. The summed E-state index contributed by atoms with van der Waals surface area (Å²) >= 11 is 0. The lowest BCUT2D eigenvalue weighted by molar-refractivity contribution is 0.0689. The molecule has 6 heteroatoms. The molecule has 0 bridgehead atoms. The van der Waals surface area contributed by atoms with E-state index in [2.05, 4.69) is 4.98 Å². The number of carbonyl (C=O) groups is 1. The average molecular weight is 338 g/mol. The van der Waals surface area contributed by atoms with Crippen LogP contribution in [0.2, 0.25) is 0 Å². The highest BCUT2D eigenvalue weighted by molar-refractivity contribution is 5.87.